The molecule has 0 aromatic carbocycles. The van der Waals surface area contributed by atoms with Gasteiger partial charge in [0.25, 0.3) is 0 Å². The van der Waals surface area contributed by atoms with Crippen LogP contribution in [0.25, 0.3) is 0 Å². The zero-order valence-corrected chi connectivity index (χ0v) is 10.2. The Bertz CT molecular complexity index is 257. The maximum atomic E-state index is 11.4. The van der Waals surface area contributed by atoms with Gasteiger partial charge in [-0.05, 0) is 32.4 Å². The van der Waals surface area contributed by atoms with E-state index in [4.69, 9.17) is 10.00 Å². The van der Waals surface area contributed by atoms with Gasteiger partial charge in [0.2, 0.25) is 5.91 Å². The van der Waals surface area contributed by atoms with Gasteiger partial charge in [-0.2, -0.15) is 5.26 Å². The molecule has 0 aromatic rings. The number of carbonyl (C=O) groups is 1. The summed E-state index contributed by atoms with van der Waals surface area (Å²) in [5.41, 5.74) is 0. The molecule has 0 unspecified atom stereocenters. The van der Waals surface area contributed by atoms with Crippen LogP contribution >= 0.6 is 0 Å². The molecule has 0 aromatic heterocycles. The zero-order valence-electron chi connectivity index (χ0n) is 10.2. The molecule has 1 heterocycles. The van der Waals surface area contributed by atoms with Crippen LogP contribution in [0.4, 0.5) is 0 Å². The Morgan fingerprint density at radius 3 is 2.94 bits per heavy atom. The third kappa shape index (κ3) is 6.93. The fourth-order valence-corrected chi connectivity index (χ4v) is 1.76. The van der Waals surface area contributed by atoms with E-state index in [2.05, 4.69) is 10.6 Å². The molecule has 0 spiro atoms. The molecule has 1 amide bonds. The molecule has 5 nitrogen and oxygen atoms in total. The van der Waals surface area contributed by atoms with Crippen molar-refractivity contribution in [1.82, 2.24) is 10.6 Å². The molecule has 2 N–H and O–H groups in total. The van der Waals surface area contributed by atoms with E-state index in [9.17, 15) is 4.79 Å². The summed E-state index contributed by atoms with van der Waals surface area (Å²) >= 11 is 0. The SMILES string of the molecule is N#CCCCNC(=O)CCOC1CCNCC1. The Kier molecular flexibility index (Phi) is 7.35. The third-order valence-electron chi connectivity index (χ3n) is 2.76. The van der Waals surface area contributed by atoms with Crippen LogP contribution in [-0.2, 0) is 9.53 Å². The number of nitrogens with one attached hydrogen (secondary N) is 2. The molecule has 0 radical (unpaired) electrons. The number of carbonyl (C=O) groups excluding carboxylic acids is 1. The summed E-state index contributed by atoms with van der Waals surface area (Å²) < 4.78 is 5.63. The summed E-state index contributed by atoms with van der Waals surface area (Å²) in [6.07, 6.45) is 4.00. The maximum absolute atomic E-state index is 11.4. The summed E-state index contributed by atoms with van der Waals surface area (Å²) in [4.78, 5) is 11.4. The number of hydrogen-bond donors (Lipinski definition) is 2. The van der Waals surface area contributed by atoms with Crippen molar-refractivity contribution in [2.24, 2.45) is 0 Å². The van der Waals surface area contributed by atoms with Gasteiger partial charge in [-0.1, -0.05) is 0 Å². The molecule has 1 aliphatic rings. The minimum Gasteiger partial charge on any atom is -0.378 e. The smallest absolute Gasteiger partial charge is 0.222 e. The van der Waals surface area contributed by atoms with E-state index in [1.807, 2.05) is 6.07 Å². The minimum atomic E-state index is 0.0110. The molecular weight excluding hydrogens is 218 g/mol. The fraction of sp³-hybridized carbons (Fsp3) is 0.833. The average Bonchev–Trinajstić information content (AvgIpc) is 2.36. The molecular formula is C12H21N3O2. The Labute approximate surface area is 103 Å². The van der Waals surface area contributed by atoms with E-state index in [-0.39, 0.29) is 5.91 Å². The number of nitrogens with zero attached hydrogens (tertiary/aromatic N) is 1. The highest BCUT2D eigenvalue weighted by atomic mass is 16.5. The lowest BCUT2D eigenvalue weighted by Crippen LogP contribution is -2.33. The topological polar surface area (TPSA) is 74.2 Å². The molecule has 1 fully saturated rings. The van der Waals surface area contributed by atoms with Crippen LogP contribution in [0.3, 0.4) is 0 Å². The fourth-order valence-electron chi connectivity index (χ4n) is 1.76. The standard InChI is InChI=1S/C12H21N3O2/c13-6-1-2-7-15-12(16)5-10-17-11-3-8-14-9-4-11/h11,14H,1-5,7-10H2,(H,15,16). The predicted octanol–water partition coefficient (Wildman–Crippen LogP) is 0.565. The molecule has 0 atom stereocenters. The molecule has 0 bridgehead atoms. The highest BCUT2D eigenvalue weighted by Gasteiger charge is 2.13. The number of amides is 1. The Hall–Kier alpha value is -1.12. The van der Waals surface area contributed by atoms with Crippen molar-refractivity contribution < 1.29 is 9.53 Å². The normalized spacial score (nSPS) is 16.4. The molecule has 5 heteroatoms. The first-order chi connectivity index (χ1) is 8.33. The van der Waals surface area contributed by atoms with Gasteiger partial charge in [0, 0.05) is 19.4 Å². The van der Waals surface area contributed by atoms with E-state index < -0.39 is 0 Å². The van der Waals surface area contributed by atoms with Crippen LogP contribution in [0.2, 0.25) is 0 Å². The van der Waals surface area contributed by atoms with E-state index >= 15 is 0 Å². The van der Waals surface area contributed by atoms with Gasteiger partial charge < -0.3 is 15.4 Å². The minimum absolute atomic E-state index is 0.0110. The monoisotopic (exact) mass is 239 g/mol. The maximum Gasteiger partial charge on any atom is 0.222 e. The third-order valence-corrected chi connectivity index (χ3v) is 2.76. The Morgan fingerprint density at radius 2 is 2.24 bits per heavy atom. The molecule has 17 heavy (non-hydrogen) atoms. The van der Waals surface area contributed by atoms with Crippen molar-refractivity contribution in [3.8, 4) is 6.07 Å². The van der Waals surface area contributed by atoms with E-state index in [0.29, 0.717) is 32.1 Å². The highest BCUT2D eigenvalue weighted by Crippen LogP contribution is 2.07. The Morgan fingerprint density at radius 1 is 1.47 bits per heavy atom. The quantitative estimate of drug-likeness (QED) is 0.637. The van der Waals surface area contributed by atoms with Gasteiger partial charge in [-0.3, -0.25) is 4.79 Å². The van der Waals surface area contributed by atoms with Gasteiger partial charge in [-0.15, -0.1) is 0 Å². The van der Waals surface area contributed by atoms with E-state index in [1.54, 1.807) is 0 Å². The van der Waals surface area contributed by atoms with Crippen molar-refractivity contribution in [3.05, 3.63) is 0 Å². The van der Waals surface area contributed by atoms with Crippen LogP contribution in [0.15, 0.2) is 0 Å². The second-order valence-electron chi connectivity index (χ2n) is 4.18. The Balaban J connectivity index is 1.94. The lowest BCUT2D eigenvalue weighted by Gasteiger charge is -2.22. The van der Waals surface area contributed by atoms with Crippen LogP contribution in [0.1, 0.15) is 32.1 Å². The van der Waals surface area contributed by atoms with Crippen molar-refractivity contribution in [2.45, 2.75) is 38.2 Å². The van der Waals surface area contributed by atoms with Gasteiger partial charge in [-0.25, -0.2) is 0 Å². The summed E-state index contributed by atoms with van der Waals surface area (Å²) in [5, 5.41) is 14.4. The molecule has 0 saturated carbocycles. The molecule has 1 saturated heterocycles. The number of piperidine rings is 1. The van der Waals surface area contributed by atoms with Gasteiger partial charge in [0.1, 0.15) is 0 Å². The first kappa shape index (κ1) is 13.9. The van der Waals surface area contributed by atoms with Crippen LogP contribution in [0.5, 0.6) is 0 Å². The summed E-state index contributed by atoms with van der Waals surface area (Å²) in [5.74, 6) is 0.0110. The second kappa shape index (κ2) is 8.97. The molecule has 96 valence electrons. The second-order valence-corrected chi connectivity index (χ2v) is 4.18. The van der Waals surface area contributed by atoms with Crippen molar-refractivity contribution >= 4 is 5.91 Å². The number of nitriles is 1. The summed E-state index contributed by atoms with van der Waals surface area (Å²) in [6.45, 7) is 3.09. The van der Waals surface area contributed by atoms with Crippen LogP contribution in [-0.4, -0.2) is 38.3 Å². The van der Waals surface area contributed by atoms with Crippen molar-refractivity contribution in [1.29, 1.82) is 5.26 Å². The molecule has 1 rings (SSSR count). The lowest BCUT2D eigenvalue weighted by atomic mass is 10.1. The average molecular weight is 239 g/mol. The first-order valence-electron chi connectivity index (χ1n) is 6.29. The van der Waals surface area contributed by atoms with E-state index in [1.165, 1.54) is 0 Å². The zero-order chi connectivity index (χ0) is 12.3. The van der Waals surface area contributed by atoms with E-state index in [0.717, 1.165) is 32.4 Å². The van der Waals surface area contributed by atoms with Gasteiger partial charge in [0.15, 0.2) is 0 Å². The highest BCUT2D eigenvalue weighted by molar-refractivity contribution is 5.75. The first-order valence-corrected chi connectivity index (χ1v) is 6.29. The predicted molar refractivity (Wildman–Crippen MR) is 64.3 cm³/mol. The van der Waals surface area contributed by atoms with Gasteiger partial charge in [0.05, 0.1) is 18.8 Å². The van der Waals surface area contributed by atoms with Crippen LogP contribution < -0.4 is 10.6 Å². The largest absolute Gasteiger partial charge is 0.378 e. The van der Waals surface area contributed by atoms with Crippen LogP contribution in [0, 0.1) is 11.3 Å². The van der Waals surface area contributed by atoms with Crippen molar-refractivity contribution in [3.63, 3.8) is 0 Å². The number of ether oxygens (including phenoxy) is 1. The molecule has 0 aliphatic carbocycles. The van der Waals surface area contributed by atoms with Gasteiger partial charge >= 0.3 is 0 Å². The van der Waals surface area contributed by atoms with Crippen molar-refractivity contribution in [2.75, 3.05) is 26.2 Å². The number of unbranched alkanes of at least 4 members (excludes halogenated alkanes) is 1. The lowest BCUT2D eigenvalue weighted by molar-refractivity contribution is -0.122. The number of hydrogen-bond acceptors (Lipinski definition) is 4. The molecule has 1 aliphatic heterocycles. The summed E-state index contributed by atoms with van der Waals surface area (Å²) in [6, 6.07) is 2.05. The number of rotatable bonds is 7. The summed E-state index contributed by atoms with van der Waals surface area (Å²) in [7, 11) is 0.